The lowest BCUT2D eigenvalue weighted by atomic mass is 10.2. The summed E-state index contributed by atoms with van der Waals surface area (Å²) in [4.78, 5) is 4.43. The van der Waals surface area contributed by atoms with Crippen LogP contribution in [0.1, 0.15) is 11.1 Å². The normalized spacial score (nSPS) is 11.3. The maximum Gasteiger partial charge on any atom is 0.240 e. The third-order valence-electron chi connectivity index (χ3n) is 4.37. The Morgan fingerprint density at radius 2 is 1.42 bits per heavy atom. The van der Waals surface area contributed by atoms with Gasteiger partial charge < -0.3 is 24.8 Å². The van der Waals surface area contributed by atoms with Crippen molar-refractivity contribution < 1.29 is 22.6 Å². The Bertz CT molecular complexity index is 957. The van der Waals surface area contributed by atoms with Crippen LogP contribution in [-0.2, 0) is 23.1 Å². The molecule has 2 rings (SSSR count). The molecule has 9 nitrogen and oxygen atoms in total. The molecule has 0 amide bonds. The van der Waals surface area contributed by atoms with E-state index in [0.29, 0.717) is 36.3 Å². The van der Waals surface area contributed by atoms with Gasteiger partial charge in [0.2, 0.25) is 15.8 Å². The van der Waals surface area contributed by atoms with Crippen molar-refractivity contribution in [2.75, 3.05) is 35.4 Å². The molecule has 2 aromatic rings. The van der Waals surface area contributed by atoms with Crippen LogP contribution in [0.2, 0.25) is 0 Å². The number of halogens is 1. The molecule has 0 fully saturated rings. The number of hydrogen-bond donors (Lipinski definition) is 3. The number of nitrogens with one attached hydrogen (secondary N) is 3. The van der Waals surface area contributed by atoms with Crippen molar-refractivity contribution >= 4 is 40.0 Å². The first kappa shape index (κ1) is 26.8. The molecule has 0 aliphatic rings. The Morgan fingerprint density at radius 1 is 0.903 bits per heavy atom. The Labute approximate surface area is 200 Å². The highest BCUT2D eigenvalue weighted by molar-refractivity contribution is 14.0. The molecule has 2 aromatic carbocycles. The molecule has 0 aliphatic heterocycles. The molecule has 0 aromatic heterocycles. The molecule has 0 aliphatic carbocycles. The highest BCUT2D eigenvalue weighted by atomic mass is 127. The van der Waals surface area contributed by atoms with Crippen LogP contribution in [0.25, 0.3) is 0 Å². The molecule has 31 heavy (non-hydrogen) atoms. The molecule has 172 valence electrons. The maximum absolute atomic E-state index is 11.8. The van der Waals surface area contributed by atoms with E-state index in [1.807, 2.05) is 12.1 Å². The number of methoxy groups -OCH3 is 3. The first-order valence-corrected chi connectivity index (χ1v) is 10.6. The summed E-state index contributed by atoms with van der Waals surface area (Å²) in [5.74, 6) is 2.28. The summed E-state index contributed by atoms with van der Waals surface area (Å²) in [7, 11) is 4.32. The van der Waals surface area contributed by atoms with Gasteiger partial charge in [-0.2, -0.15) is 0 Å². The number of sulfonamides is 1. The number of aliphatic imine (C=N–C) groups is 1. The average molecular weight is 564 g/mol. The molecule has 0 atom stereocenters. The lowest BCUT2D eigenvalue weighted by molar-refractivity contribution is 0.323. The Hall–Kier alpha value is -2.25. The van der Waals surface area contributed by atoms with Crippen molar-refractivity contribution in [3.8, 4) is 17.2 Å². The van der Waals surface area contributed by atoms with Gasteiger partial charge in [0.15, 0.2) is 17.5 Å². The van der Waals surface area contributed by atoms with Crippen molar-refractivity contribution in [3.05, 3.63) is 47.5 Å². The molecular weight excluding hydrogens is 535 g/mol. The zero-order valence-corrected chi connectivity index (χ0v) is 21.3. The Kier molecular flexibility index (Phi) is 10.9. The van der Waals surface area contributed by atoms with Gasteiger partial charge >= 0.3 is 0 Å². The van der Waals surface area contributed by atoms with Gasteiger partial charge in [-0.3, -0.25) is 4.99 Å². The molecule has 3 N–H and O–H groups in total. The van der Waals surface area contributed by atoms with Gasteiger partial charge in [-0.05, 0) is 42.4 Å². The van der Waals surface area contributed by atoms with E-state index in [0.717, 1.165) is 11.1 Å². The molecule has 0 saturated heterocycles. The highest BCUT2D eigenvalue weighted by Crippen LogP contribution is 2.38. The highest BCUT2D eigenvalue weighted by Gasteiger charge is 2.13. The van der Waals surface area contributed by atoms with Crippen molar-refractivity contribution in [1.29, 1.82) is 0 Å². The van der Waals surface area contributed by atoms with Crippen LogP contribution in [0.5, 0.6) is 17.2 Å². The van der Waals surface area contributed by atoms with Crippen molar-refractivity contribution in [1.82, 2.24) is 15.4 Å². The van der Waals surface area contributed by atoms with Gasteiger partial charge in [-0.15, -0.1) is 24.0 Å². The number of ether oxygens (including phenoxy) is 3. The van der Waals surface area contributed by atoms with Crippen LogP contribution in [0.15, 0.2) is 46.3 Å². The molecule has 0 saturated carbocycles. The van der Waals surface area contributed by atoms with E-state index < -0.39 is 10.0 Å². The average Bonchev–Trinajstić information content (AvgIpc) is 2.78. The SMILES string of the molecule is CN=C(NCc1ccc(S(=O)(=O)NC)cc1)NCc1cc(OC)c(OC)c(OC)c1.I. The lowest BCUT2D eigenvalue weighted by Gasteiger charge is -2.16. The summed E-state index contributed by atoms with van der Waals surface area (Å²) in [6.07, 6.45) is 0. The van der Waals surface area contributed by atoms with Crippen LogP contribution in [-0.4, -0.2) is 49.8 Å². The van der Waals surface area contributed by atoms with Crippen LogP contribution in [0.3, 0.4) is 0 Å². The quantitative estimate of drug-likeness (QED) is 0.243. The third kappa shape index (κ3) is 7.14. The summed E-state index contributed by atoms with van der Waals surface area (Å²) in [5.41, 5.74) is 1.84. The number of benzene rings is 2. The Balaban J connectivity index is 0.00000480. The van der Waals surface area contributed by atoms with Crippen molar-refractivity contribution in [3.63, 3.8) is 0 Å². The van der Waals surface area contributed by atoms with Crippen LogP contribution >= 0.6 is 24.0 Å². The predicted molar refractivity (Wildman–Crippen MR) is 131 cm³/mol. The number of nitrogens with zero attached hydrogens (tertiary/aromatic N) is 1. The molecule has 0 bridgehead atoms. The van der Waals surface area contributed by atoms with Crippen LogP contribution < -0.4 is 29.6 Å². The zero-order valence-electron chi connectivity index (χ0n) is 18.2. The van der Waals surface area contributed by atoms with E-state index in [1.165, 1.54) is 7.05 Å². The first-order valence-electron chi connectivity index (χ1n) is 9.14. The minimum absolute atomic E-state index is 0. The van der Waals surface area contributed by atoms with Gasteiger partial charge in [0.25, 0.3) is 0 Å². The second-order valence-electron chi connectivity index (χ2n) is 6.16. The summed E-state index contributed by atoms with van der Waals surface area (Å²) >= 11 is 0. The molecule has 0 spiro atoms. The number of rotatable bonds is 9. The second-order valence-corrected chi connectivity index (χ2v) is 8.05. The van der Waals surface area contributed by atoms with E-state index >= 15 is 0 Å². The minimum Gasteiger partial charge on any atom is -0.493 e. The van der Waals surface area contributed by atoms with Gasteiger partial charge in [-0.25, -0.2) is 13.1 Å². The van der Waals surface area contributed by atoms with E-state index in [2.05, 4.69) is 20.3 Å². The zero-order chi connectivity index (χ0) is 22.1. The summed E-state index contributed by atoms with van der Waals surface area (Å²) in [6.45, 7) is 0.963. The Morgan fingerprint density at radius 3 is 1.84 bits per heavy atom. The summed E-state index contributed by atoms with van der Waals surface area (Å²) < 4.78 is 42.0. The molecule has 0 unspecified atom stereocenters. The van der Waals surface area contributed by atoms with E-state index in [1.54, 1.807) is 52.6 Å². The number of guanidine groups is 1. The minimum atomic E-state index is -3.44. The summed E-state index contributed by atoms with van der Waals surface area (Å²) in [6, 6.07) is 10.4. The first-order chi connectivity index (χ1) is 14.4. The molecule has 11 heteroatoms. The van der Waals surface area contributed by atoms with Crippen molar-refractivity contribution in [2.24, 2.45) is 4.99 Å². The fourth-order valence-corrected chi connectivity index (χ4v) is 3.46. The largest absolute Gasteiger partial charge is 0.493 e. The second kappa shape index (κ2) is 12.6. The van der Waals surface area contributed by atoms with Crippen LogP contribution in [0, 0.1) is 0 Å². The molecule has 0 radical (unpaired) electrons. The molecule has 0 heterocycles. The topological polar surface area (TPSA) is 110 Å². The molecular formula is C20H29IN4O5S. The fourth-order valence-electron chi connectivity index (χ4n) is 2.73. The van der Waals surface area contributed by atoms with Crippen molar-refractivity contribution in [2.45, 2.75) is 18.0 Å². The fraction of sp³-hybridized carbons (Fsp3) is 0.350. The van der Waals surface area contributed by atoms with E-state index in [-0.39, 0.29) is 28.9 Å². The van der Waals surface area contributed by atoms with E-state index in [9.17, 15) is 8.42 Å². The predicted octanol–water partition coefficient (Wildman–Crippen LogP) is 2.10. The number of hydrogen-bond acceptors (Lipinski definition) is 6. The van der Waals surface area contributed by atoms with Crippen LogP contribution in [0.4, 0.5) is 0 Å². The lowest BCUT2D eigenvalue weighted by Crippen LogP contribution is -2.36. The van der Waals surface area contributed by atoms with Gasteiger partial charge in [0, 0.05) is 20.1 Å². The maximum atomic E-state index is 11.8. The van der Waals surface area contributed by atoms with Gasteiger partial charge in [0.1, 0.15) is 0 Å². The van der Waals surface area contributed by atoms with Gasteiger partial charge in [-0.1, -0.05) is 12.1 Å². The third-order valence-corrected chi connectivity index (χ3v) is 5.80. The smallest absolute Gasteiger partial charge is 0.240 e. The summed E-state index contributed by atoms with van der Waals surface area (Å²) in [5, 5.41) is 6.42. The standard InChI is InChI=1S/C20H28N4O5S.HI/c1-21-20(23-12-14-6-8-16(9-7-14)30(25,26)22-2)24-13-15-10-17(27-3)19(29-5)18(11-15)28-4;/h6-11,22H,12-13H2,1-5H3,(H2,21,23,24);1H. The monoisotopic (exact) mass is 564 g/mol. The van der Waals surface area contributed by atoms with Gasteiger partial charge in [0.05, 0.1) is 26.2 Å². The van der Waals surface area contributed by atoms with E-state index in [4.69, 9.17) is 14.2 Å².